The molecule has 0 aromatic heterocycles. The van der Waals surface area contributed by atoms with Crippen LogP contribution in [0.2, 0.25) is 0 Å². The molecule has 0 saturated heterocycles. The Labute approximate surface area is 89.8 Å². The predicted molar refractivity (Wildman–Crippen MR) is 55.7 cm³/mol. The molecule has 2 N–H and O–H groups in total. The van der Waals surface area contributed by atoms with E-state index in [9.17, 15) is 9.59 Å². The third-order valence-electron chi connectivity index (χ3n) is 1.94. The molecule has 0 fully saturated rings. The molecule has 1 atom stereocenters. The summed E-state index contributed by atoms with van der Waals surface area (Å²) in [7, 11) is 0. The minimum Gasteiger partial charge on any atom is -0.480 e. The molecular weight excluding hydrogens is 198 g/mol. The van der Waals surface area contributed by atoms with E-state index in [0.717, 1.165) is 12.8 Å². The van der Waals surface area contributed by atoms with Gasteiger partial charge in [0, 0.05) is 0 Å². The van der Waals surface area contributed by atoms with Crippen molar-refractivity contribution in [1.29, 1.82) is 0 Å². The molecule has 5 heteroatoms. The Morgan fingerprint density at radius 2 is 2.00 bits per heavy atom. The number of alkyl carbamates (subject to hydrolysis) is 1. The Kier molecular flexibility index (Phi) is 6.49. The van der Waals surface area contributed by atoms with E-state index in [4.69, 9.17) is 9.84 Å². The molecule has 0 aromatic carbocycles. The molecule has 0 radical (unpaired) electrons. The number of carbonyl (C=O) groups excluding carboxylic acids is 1. The van der Waals surface area contributed by atoms with Crippen molar-refractivity contribution in [2.24, 2.45) is 5.92 Å². The van der Waals surface area contributed by atoms with Gasteiger partial charge in [-0.2, -0.15) is 0 Å². The van der Waals surface area contributed by atoms with Crippen LogP contribution < -0.4 is 5.32 Å². The zero-order valence-electron chi connectivity index (χ0n) is 9.45. The lowest BCUT2D eigenvalue weighted by atomic mass is 10.1. The number of unbranched alkanes of at least 4 members (excludes halogenated alkanes) is 1. The summed E-state index contributed by atoms with van der Waals surface area (Å²) in [4.78, 5) is 21.9. The largest absolute Gasteiger partial charge is 0.480 e. The van der Waals surface area contributed by atoms with Crippen LogP contribution in [0.5, 0.6) is 0 Å². The Hall–Kier alpha value is -1.26. The second kappa shape index (κ2) is 7.09. The van der Waals surface area contributed by atoms with E-state index in [0.29, 0.717) is 6.61 Å². The van der Waals surface area contributed by atoms with E-state index >= 15 is 0 Å². The maximum Gasteiger partial charge on any atom is 0.407 e. The van der Waals surface area contributed by atoms with Crippen molar-refractivity contribution in [3.63, 3.8) is 0 Å². The first-order valence-electron chi connectivity index (χ1n) is 5.15. The molecule has 0 spiro atoms. The van der Waals surface area contributed by atoms with E-state index in [2.05, 4.69) is 5.32 Å². The van der Waals surface area contributed by atoms with Crippen molar-refractivity contribution in [2.45, 2.75) is 39.7 Å². The number of carbonyl (C=O) groups is 2. The number of carboxylic acid groups (broad SMARTS) is 1. The predicted octanol–water partition coefficient (Wildman–Crippen LogP) is 1.62. The molecule has 0 aliphatic carbocycles. The molecule has 88 valence electrons. The lowest BCUT2D eigenvalue weighted by Crippen LogP contribution is -2.44. The van der Waals surface area contributed by atoms with Gasteiger partial charge in [0.25, 0.3) is 0 Å². The average Bonchev–Trinajstić information content (AvgIpc) is 2.13. The summed E-state index contributed by atoms with van der Waals surface area (Å²) in [5.74, 6) is -1.21. The number of nitrogens with one attached hydrogen (secondary N) is 1. The van der Waals surface area contributed by atoms with Crippen LogP contribution in [0.15, 0.2) is 0 Å². The molecule has 1 amide bonds. The molecule has 0 heterocycles. The molecule has 15 heavy (non-hydrogen) atoms. The van der Waals surface area contributed by atoms with Gasteiger partial charge in [-0.1, -0.05) is 27.2 Å². The second-order valence-electron chi connectivity index (χ2n) is 3.69. The number of rotatable bonds is 6. The molecule has 0 aromatic rings. The van der Waals surface area contributed by atoms with Gasteiger partial charge in [0.15, 0.2) is 0 Å². The van der Waals surface area contributed by atoms with Gasteiger partial charge >= 0.3 is 12.1 Å². The van der Waals surface area contributed by atoms with Crippen LogP contribution in [0, 0.1) is 5.92 Å². The van der Waals surface area contributed by atoms with Gasteiger partial charge in [-0.3, -0.25) is 0 Å². The minimum atomic E-state index is -1.04. The van der Waals surface area contributed by atoms with Crippen molar-refractivity contribution in [3.05, 3.63) is 0 Å². The van der Waals surface area contributed by atoms with Crippen molar-refractivity contribution < 1.29 is 19.4 Å². The summed E-state index contributed by atoms with van der Waals surface area (Å²) in [6.07, 6.45) is 1.05. The monoisotopic (exact) mass is 217 g/mol. The fourth-order valence-electron chi connectivity index (χ4n) is 0.991. The summed E-state index contributed by atoms with van der Waals surface area (Å²) >= 11 is 0. The van der Waals surface area contributed by atoms with E-state index in [1.54, 1.807) is 13.8 Å². The minimum absolute atomic E-state index is 0.166. The number of carboxylic acids is 1. The van der Waals surface area contributed by atoms with Gasteiger partial charge < -0.3 is 15.2 Å². The Morgan fingerprint density at radius 1 is 1.40 bits per heavy atom. The number of aliphatic carboxylic acids is 1. The molecular formula is C10H19NO4. The highest BCUT2D eigenvalue weighted by Crippen LogP contribution is 2.02. The molecule has 5 nitrogen and oxygen atoms in total. The van der Waals surface area contributed by atoms with Gasteiger partial charge in [0.05, 0.1) is 6.61 Å². The van der Waals surface area contributed by atoms with Crippen LogP contribution in [0.4, 0.5) is 4.79 Å². The van der Waals surface area contributed by atoms with Gasteiger partial charge in [0.2, 0.25) is 0 Å². The molecule has 0 aliphatic rings. The van der Waals surface area contributed by atoms with Crippen molar-refractivity contribution in [1.82, 2.24) is 5.32 Å². The van der Waals surface area contributed by atoms with Crippen molar-refractivity contribution in [2.75, 3.05) is 6.61 Å². The lowest BCUT2D eigenvalue weighted by molar-refractivity contribution is -0.140. The summed E-state index contributed by atoms with van der Waals surface area (Å²) in [5.41, 5.74) is 0. The Balaban J connectivity index is 3.95. The number of amides is 1. The first kappa shape index (κ1) is 13.7. The average molecular weight is 217 g/mol. The van der Waals surface area contributed by atoms with E-state index in [1.165, 1.54) is 0 Å². The highest BCUT2D eigenvalue weighted by Gasteiger charge is 2.23. The van der Waals surface area contributed by atoms with Crippen LogP contribution in [-0.4, -0.2) is 29.8 Å². The standard InChI is InChI=1S/C10H19NO4/c1-4-5-6-15-10(14)11-8(7(2)3)9(12)13/h7-8H,4-6H2,1-3H3,(H,11,14)(H,12,13)/t8-/m1/s1. The first-order valence-corrected chi connectivity index (χ1v) is 5.15. The molecule has 0 unspecified atom stereocenters. The van der Waals surface area contributed by atoms with E-state index in [-0.39, 0.29) is 5.92 Å². The summed E-state index contributed by atoms with van der Waals surface area (Å²) in [5, 5.41) is 11.1. The maximum absolute atomic E-state index is 11.1. The molecule has 0 aliphatic heterocycles. The van der Waals surface area contributed by atoms with Crippen LogP contribution in [-0.2, 0) is 9.53 Å². The van der Waals surface area contributed by atoms with Gasteiger partial charge in [-0.15, -0.1) is 0 Å². The maximum atomic E-state index is 11.1. The second-order valence-corrected chi connectivity index (χ2v) is 3.69. The highest BCUT2D eigenvalue weighted by molar-refractivity contribution is 5.80. The van der Waals surface area contributed by atoms with Crippen LogP contribution >= 0.6 is 0 Å². The smallest absolute Gasteiger partial charge is 0.407 e. The Morgan fingerprint density at radius 3 is 2.40 bits per heavy atom. The summed E-state index contributed by atoms with van der Waals surface area (Å²) in [6.45, 7) is 5.76. The molecule has 0 bridgehead atoms. The number of hydrogen-bond donors (Lipinski definition) is 2. The van der Waals surface area contributed by atoms with Gasteiger partial charge in [0.1, 0.15) is 6.04 Å². The normalized spacial score (nSPS) is 12.3. The SMILES string of the molecule is CCCCOC(=O)N[C@@H](C(=O)O)C(C)C. The van der Waals surface area contributed by atoms with Crippen LogP contribution in [0.3, 0.4) is 0 Å². The quantitative estimate of drug-likeness (QED) is 0.663. The first-order chi connectivity index (χ1) is 6.99. The van der Waals surface area contributed by atoms with E-state index < -0.39 is 18.1 Å². The van der Waals surface area contributed by atoms with Gasteiger partial charge in [-0.05, 0) is 12.3 Å². The highest BCUT2D eigenvalue weighted by atomic mass is 16.5. The fourth-order valence-corrected chi connectivity index (χ4v) is 0.991. The van der Waals surface area contributed by atoms with Crippen molar-refractivity contribution >= 4 is 12.1 Å². The summed E-state index contributed by atoms with van der Waals surface area (Å²) in [6, 6.07) is -0.890. The lowest BCUT2D eigenvalue weighted by Gasteiger charge is -2.17. The van der Waals surface area contributed by atoms with Crippen LogP contribution in [0.1, 0.15) is 33.6 Å². The number of hydrogen-bond acceptors (Lipinski definition) is 3. The van der Waals surface area contributed by atoms with E-state index in [1.807, 2.05) is 6.92 Å². The zero-order valence-corrected chi connectivity index (χ0v) is 9.45. The van der Waals surface area contributed by atoms with Crippen LogP contribution in [0.25, 0.3) is 0 Å². The number of ether oxygens (including phenoxy) is 1. The zero-order chi connectivity index (χ0) is 11.8. The summed E-state index contributed by atoms with van der Waals surface area (Å²) < 4.78 is 4.80. The Bertz CT molecular complexity index is 215. The van der Waals surface area contributed by atoms with Gasteiger partial charge in [-0.25, -0.2) is 9.59 Å². The van der Waals surface area contributed by atoms with Crippen molar-refractivity contribution in [3.8, 4) is 0 Å². The molecule has 0 rings (SSSR count). The topological polar surface area (TPSA) is 75.6 Å². The third-order valence-corrected chi connectivity index (χ3v) is 1.94. The fraction of sp³-hybridized carbons (Fsp3) is 0.800. The molecule has 0 saturated carbocycles. The third kappa shape index (κ3) is 5.93.